The monoisotopic (exact) mass is 159 g/mol. The van der Waals surface area contributed by atoms with Gasteiger partial charge in [0.25, 0.3) is 0 Å². The first-order valence-corrected chi connectivity index (χ1v) is 3.23. The number of β-amino-alcohol motifs (C(OH)–C–C–N with tert-alkyl or cyclic N) is 1. The van der Waals surface area contributed by atoms with Crippen LogP contribution in [0, 0.1) is 0 Å². The Labute approximate surface area is 63.2 Å². The molecule has 0 aliphatic carbocycles. The van der Waals surface area contributed by atoms with Gasteiger partial charge in [0.15, 0.2) is 5.60 Å². The van der Waals surface area contributed by atoms with E-state index in [9.17, 15) is 14.7 Å². The summed E-state index contributed by atoms with van der Waals surface area (Å²) in [5.41, 5.74) is -1.72. The standard InChI is InChI=1S/C6H9NO4/c8-4-7-2-1-6(11,3-7)5(9)10/h4,11H,1-3H2,(H,9,10). The first-order valence-electron chi connectivity index (χ1n) is 3.23. The quantitative estimate of drug-likeness (QED) is 0.489. The molecule has 1 amide bonds. The summed E-state index contributed by atoms with van der Waals surface area (Å²) in [5, 5.41) is 17.8. The van der Waals surface area contributed by atoms with Gasteiger partial charge in [0, 0.05) is 13.0 Å². The van der Waals surface area contributed by atoms with Crippen LogP contribution in [0.1, 0.15) is 6.42 Å². The van der Waals surface area contributed by atoms with Gasteiger partial charge in [0.2, 0.25) is 6.41 Å². The van der Waals surface area contributed by atoms with Crippen molar-refractivity contribution in [3.05, 3.63) is 0 Å². The number of hydrogen-bond acceptors (Lipinski definition) is 3. The van der Waals surface area contributed by atoms with Crippen molar-refractivity contribution >= 4 is 12.4 Å². The van der Waals surface area contributed by atoms with Crippen molar-refractivity contribution in [3.8, 4) is 0 Å². The van der Waals surface area contributed by atoms with E-state index in [2.05, 4.69) is 0 Å². The largest absolute Gasteiger partial charge is 0.479 e. The van der Waals surface area contributed by atoms with E-state index in [1.54, 1.807) is 0 Å². The van der Waals surface area contributed by atoms with Crippen LogP contribution in [0.15, 0.2) is 0 Å². The molecule has 1 aliphatic heterocycles. The summed E-state index contributed by atoms with van der Waals surface area (Å²) in [5.74, 6) is -1.26. The van der Waals surface area contributed by atoms with Gasteiger partial charge in [-0.2, -0.15) is 0 Å². The van der Waals surface area contributed by atoms with Crippen molar-refractivity contribution in [3.63, 3.8) is 0 Å². The molecule has 2 N–H and O–H groups in total. The predicted molar refractivity (Wildman–Crippen MR) is 34.8 cm³/mol. The summed E-state index contributed by atoms with van der Waals surface area (Å²) in [6, 6.07) is 0. The number of likely N-dealkylation sites (tertiary alicyclic amines) is 1. The zero-order valence-corrected chi connectivity index (χ0v) is 5.86. The van der Waals surface area contributed by atoms with E-state index in [0.717, 1.165) is 0 Å². The van der Waals surface area contributed by atoms with E-state index in [1.165, 1.54) is 4.90 Å². The molecule has 0 aromatic heterocycles. The van der Waals surface area contributed by atoms with E-state index in [-0.39, 0.29) is 13.0 Å². The van der Waals surface area contributed by atoms with Gasteiger partial charge in [-0.3, -0.25) is 4.79 Å². The smallest absolute Gasteiger partial charge is 0.337 e. The molecule has 0 aromatic rings. The van der Waals surface area contributed by atoms with E-state index in [0.29, 0.717) is 13.0 Å². The molecule has 5 heteroatoms. The second-order valence-electron chi connectivity index (χ2n) is 2.66. The number of aliphatic hydroxyl groups is 1. The maximum absolute atomic E-state index is 10.4. The van der Waals surface area contributed by atoms with Crippen LogP contribution in [-0.4, -0.2) is 46.2 Å². The summed E-state index contributed by atoms with van der Waals surface area (Å²) in [6.07, 6.45) is 0.655. The summed E-state index contributed by atoms with van der Waals surface area (Å²) < 4.78 is 0. The van der Waals surface area contributed by atoms with Crippen molar-refractivity contribution in [2.45, 2.75) is 12.0 Å². The normalized spacial score (nSPS) is 30.5. The lowest BCUT2D eigenvalue weighted by atomic mass is 10.0. The van der Waals surface area contributed by atoms with Crippen LogP contribution in [0.3, 0.4) is 0 Å². The molecule has 1 atom stereocenters. The molecule has 62 valence electrons. The van der Waals surface area contributed by atoms with Gasteiger partial charge in [-0.25, -0.2) is 4.79 Å². The fraction of sp³-hybridized carbons (Fsp3) is 0.667. The van der Waals surface area contributed by atoms with Crippen molar-refractivity contribution in [2.75, 3.05) is 13.1 Å². The Morgan fingerprint density at radius 1 is 1.64 bits per heavy atom. The molecular formula is C6H9NO4. The highest BCUT2D eigenvalue weighted by atomic mass is 16.4. The van der Waals surface area contributed by atoms with Gasteiger partial charge in [-0.05, 0) is 0 Å². The van der Waals surface area contributed by atoms with Gasteiger partial charge >= 0.3 is 5.97 Å². The second-order valence-corrected chi connectivity index (χ2v) is 2.66. The Bertz CT molecular complexity index is 193. The Morgan fingerprint density at radius 2 is 2.27 bits per heavy atom. The van der Waals surface area contributed by atoms with Crippen molar-refractivity contribution in [1.29, 1.82) is 0 Å². The van der Waals surface area contributed by atoms with Crippen LogP contribution in [0.4, 0.5) is 0 Å². The van der Waals surface area contributed by atoms with E-state index >= 15 is 0 Å². The van der Waals surface area contributed by atoms with E-state index < -0.39 is 11.6 Å². The maximum Gasteiger partial charge on any atom is 0.337 e. The summed E-state index contributed by atoms with van der Waals surface area (Å²) in [7, 11) is 0. The van der Waals surface area contributed by atoms with Crippen molar-refractivity contribution in [2.24, 2.45) is 0 Å². The molecule has 5 nitrogen and oxygen atoms in total. The molecule has 0 saturated carbocycles. The van der Waals surface area contributed by atoms with Crippen LogP contribution in [-0.2, 0) is 9.59 Å². The topological polar surface area (TPSA) is 77.8 Å². The molecule has 1 saturated heterocycles. The zero-order chi connectivity index (χ0) is 8.48. The number of carboxylic acids is 1. The van der Waals surface area contributed by atoms with Crippen molar-refractivity contribution in [1.82, 2.24) is 4.90 Å². The minimum Gasteiger partial charge on any atom is -0.479 e. The average Bonchev–Trinajstić information content (AvgIpc) is 2.33. The molecule has 0 aromatic carbocycles. The first kappa shape index (κ1) is 8.00. The predicted octanol–water partition coefficient (Wildman–Crippen LogP) is -1.34. The summed E-state index contributed by atoms with van der Waals surface area (Å²) >= 11 is 0. The van der Waals surface area contributed by atoms with Gasteiger partial charge in [0.1, 0.15) is 0 Å². The number of carbonyl (C=O) groups is 2. The van der Waals surface area contributed by atoms with Gasteiger partial charge in [-0.1, -0.05) is 0 Å². The van der Waals surface area contributed by atoms with Gasteiger partial charge in [0.05, 0.1) is 6.54 Å². The fourth-order valence-corrected chi connectivity index (χ4v) is 1.09. The minimum absolute atomic E-state index is 0.105. The molecule has 1 heterocycles. The molecule has 0 bridgehead atoms. The molecule has 11 heavy (non-hydrogen) atoms. The highest BCUT2D eigenvalue weighted by molar-refractivity contribution is 5.78. The number of aliphatic carboxylic acids is 1. The minimum atomic E-state index is -1.72. The zero-order valence-electron chi connectivity index (χ0n) is 5.86. The third-order valence-corrected chi connectivity index (χ3v) is 1.82. The van der Waals surface area contributed by atoms with Gasteiger partial charge in [-0.15, -0.1) is 0 Å². The number of carboxylic acid groups (broad SMARTS) is 1. The van der Waals surface area contributed by atoms with Crippen molar-refractivity contribution < 1.29 is 19.8 Å². The third-order valence-electron chi connectivity index (χ3n) is 1.82. The third kappa shape index (κ3) is 1.32. The van der Waals surface area contributed by atoms with E-state index in [4.69, 9.17) is 5.11 Å². The number of nitrogens with zero attached hydrogens (tertiary/aromatic N) is 1. The molecule has 0 radical (unpaired) electrons. The van der Waals surface area contributed by atoms with Crippen LogP contribution in [0.5, 0.6) is 0 Å². The molecule has 1 unspecified atom stereocenters. The Hall–Kier alpha value is -1.10. The molecule has 1 fully saturated rings. The average molecular weight is 159 g/mol. The highest BCUT2D eigenvalue weighted by Gasteiger charge is 2.42. The lowest BCUT2D eigenvalue weighted by Gasteiger charge is -2.15. The molecule has 1 aliphatic rings. The number of carbonyl (C=O) groups excluding carboxylic acids is 1. The summed E-state index contributed by atoms with van der Waals surface area (Å²) in [4.78, 5) is 21.8. The number of amides is 1. The Morgan fingerprint density at radius 3 is 2.55 bits per heavy atom. The SMILES string of the molecule is O=CN1CCC(O)(C(=O)O)C1. The van der Waals surface area contributed by atoms with Gasteiger partial charge < -0.3 is 15.1 Å². The maximum atomic E-state index is 10.4. The Balaban J connectivity index is 2.64. The lowest BCUT2D eigenvalue weighted by Crippen LogP contribution is -2.41. The lowest BCUT2D eigenvalue weighted by molar-refractivity contribution is -0.157. The fourth-order valence-electron chi connectivity index (χ4n) is 1.09. The Kier molecular flexibility index (Phi) is 1.82. The molecule has 1 rings (SSSR count). The number of rotatable bonds is 2. The van der Waals surface area contributed by atoms with Crippen LogP contribution < -0.4 is 0 Å². The second kappa shape index (κ2) is 2.50. The highest BCUT2D eigenvalue weighted by Crippen LogP contribution is 2.19. The molecule has 0 spiro atoms. The van der Waals surface area contributed by atoms with Crippen LogP contribution >= 0.6 is 0 Å². The van der Waals surface area contributed by atoms with Crippen LogP contribution in [0.25, 0.3) is 0 Å². The molecular weight excluding hydrogens is 150 g/mol. The van der Waals surface area contributed by atoms with Crippen LogP contribution in [0.2, 0.25) is 0 Å². The van der Waals surface area contributed by atoms with E-state index in [1.807, 2.05) is 0 Å². The number of hydrogen-bond donors (Lipinski definition) is 2. The first-order chi connectivity index (χ1) is 5.08. The summed E-state index contributed by atoms with van der Waals surface area (Å²) in [6.45, 7) is 0.206.